The average molecular weight is 324 g/mol. The van der Waals surface area contributed by atoms with Gasteiger partial charge in [-0.15, -0.1) is 0 Å². The molecule has 0 amide bonds. The van der Waals surface area contributed by atoms with Crippen molar-refractivity contribution in [3.63, 3.8) is 0 Å². The molecule has 2 N–H and O–H groups in total. The summed E-state index contributed by atoms with van der Waals surface area (Å²) in [5.41, 5.74) is 2.31. The highest BCUT2D eigenvalue weighted by atomic mass is 32.2. The molecule has 1 fully saturated rings. The maximum atomic E-state index is 4.53. The van der Waals surface area contributed by atoms with Crippen LogP contribution in [0, 0.1) is 19.8 Å². The maximum Gasteiger partial charge on any atom is 0.191 e. The molecule has 1 aromatic heterocycles. The molecule has 6 heteroatoms. The number of hydrogen-bond acceptors (Lipinski definition) is 3. The first-order valence-corrected chi connectivity index (χ1v) is 9.20. The van der Waals surface area contributed by atoms with Crippen molar-refractivity contribution in [2.24, 2.45) is 10.9 Å². The highest BCUT2D eigenvalue weighted by Gasteiger charge is 2.15. The largest absolute Gasteiger partial charge is 0.356 e. The Hall–Kier alpha value is -1.17. The molecule has 0 bridgehead atoms. The van der Waals surface area contributed by atoms with Crippen LogP contribution in [0.15, 0.2) is 11.1 Å². The second-order valence-corrected chi connectivity index (χ2v) is 7.59. The molecule has 0 spiro atoms. The molecule has 2 atom stereocenters. The molecule has 2 unspecified atom stereocenters. The topological polar surface area (TPSA) is 54.2 Å². The Bertz CT molecular complexity index is 491. The lowest BCUT2D eigenvalue weighted by atomic mass is 10.2. The number of nitrogens with zero attached hydrogens (tertiary/aromatic N) is 3. The molecular weight excluding hydrogens is 294 g/mol. The van der Waals surface area contributed by atoms with E-state index in [1.807, 2.05) is 14.0 Å². The lowest BCUT2D eigenvalue weighted by molar-refractivity contribution is 0.436. The SMILES string of the molecule is CN=C(NCC(C)Cn1nc(C)cc1C)NCC1CCCS1. The monoisotopic (exact) mass is 323 g/mol. The molecule has 2 rings (SSSR count). The lowest BCUT2D eigenvalue weighted by Gasteiger charge is -2.18. The summed E-state index contributed by atoms with van der Waals surface area (Å²) >= 11 is 2.07. The Kier molecular flexibility index (Phi) is 6.61. The van der Waals surface area contributed by atoms with Crippen molar-refractivity contribution < 1.29 is 0 Å². The molecule has 22 heavy (non-hydrogen) atoms. The van der Waals surface area contributed by atoms with Crippen molar-refractivity contribution in [2.45, 2.75) is 45.4 Å². The summed E-state index contributed by atoms with van der Waals surface area (Å²) in [5.74, 6) is 2.71. The van der Waals surface area contributed by atoms with Gasteiger partial charge in [0, 0.05) is 37.6 Å². The Morgan fingerprint density at radius 1 is 1.50 bits per heavy atom. The molecule has 5 nitrogen and oxygen atoms in total. The van der Waals surface area contributed by atoms with Gasteiger partial charge in [0.1, 0.15) is 0 Å². The minimum absolute atomic E-state index is 0.498. The normalized spacial score (nSPS) is 20.2. The quantitative estimate of drug-likeness (QED) is 0.622. The van der Waals surface area contributed by atoms with E-state index in [0.717, 1.165) is 36.5 Å². The van der Waals surface area contributed by atoms with Crippen LogP contribution in [0.4, 0.5) is 0 Å². The summed E-state index contributed by atoms with van der Waals surface area (Å²) in [6.45, 7) is 9.23. The molecule has 124 valence electrons. The van der Waals surface area contributed by atoms with E-state index >= 15 is 0 Å². The highest BCUT2D eigenvalue weighted by molar-refractivity contribution is 8.00. The van der Waals surface area contributed by atoms with Crippen LogP contribution in [0.1, 0.15) is 31.2 Å². The van der Waals surface area contributed by atoms with Crippen LogP contribution in [0.2, 0.25) is 0 Å². The van der Waals surface area contributed by atoms with Crippen molar-refractivity contribution >= 4 is 17.7 Å². The van der Waals surface area contributed by atoms with Gasteiger partial charge in [-0.25, -0.2) is 0 Å². The second kappa shape index (κ2) is 8.46. The first-order chi connectivity index (χ1) is 10.6. The van der Waals surface area contributed by atoms with Crippen LogP contribution in [0.25, 0.3) is 0 Å². The van der Waals surface area contributed by atoms with E-state index in [2.05, 4.69) is 57.1 Å². The van der Waals surface area contributed by atoms with E-state index in [1.54, 1.807) is 0 Å². The first kappa shape index (κ1) is 17.2. The number of guanidine groups is 1. The zero-order valence-corrected chi connectivity index (χ0v) is 15.0. The fraction of sp³-hybridized carbons (Fsp3) is 0.750. The summed E-state index contributed by atoms with van der Waals surface area (Å²) in [6.07, 6.45) is 2.67. The molecule has 1 aliphatic rings. The minimum atomic E-state index is 0.498. The van der Waals surface area contributed by atoms with E-state index in [-0.39, 0.29) is 0 Å². The Balaban J connectivity index is 1.71. The van der Waals surface area contributed by atoms with Crippen LogP contribution in [0.5, 0.6) is 0 Å². The molecular formula is C16H29N5S. The third-order valence-electron chi connectivity index (χ3n) is 3.95. The van der Waals surface area contributed by atoms with Gasteiger partial charge in [-0.2, -0.15) is 16.9 Å². The Morgan fingerprint density at radius 2 is 2.32 bits per heavy atom. The zero-order valence-electron chi connectivity index (χ0n) is 14.2. The summed E-state index contributed by atoms with van der Waals surface area (Å²) in [4.78, 5) is 4.31. The summed E-state index contributed by atoms with van der Waals surface area (Å²) in [7, 11) is 1.84. The molecule has 1 saturated heterocycles. The average Bonchev–Trinajstić information content (AvgIpc) is 3.09. The molecule has 0 aliphatic carbocycles. The summed E-state index contributed by atoms with van der Waals surface area (Å²) in [6, 6.07) is 2.12. The van der Waals surface area contributed by atoms with Crippen molar-refractivity contribution in [1.82, 2.24) is 20.4 Å². The van der Waals surface area contributed by atoms with Crippen molar-refractivity contribution in [3.8, 4) is 0 Å². The first-order valence-electron chi connectivity index (χ1n) is 8.15. The van der Waals surface area contributed by atoms with Gasteiger partial charge in [-0.3, -0.25) is 9.67 Å². The maximum absolute atomic E-state index is 4.53. The summed E-state index contributed by atoms with van der Waals surface area (Å²) < 4.78 is 2.09. The third kappa shape index (κ3) is 5.23. The number of aliphatic imine (C=N–C) groups is 1. The highest BCUT2D eigenvalue weighted by Crippen LogP contribution is 2.25. The lowest BCUT2D eigenvalue weighted by Crippen LogP contribution is -2.42. The van der Waals surface area contributed by atoms with Crippen molar-refractivity contribution in [2.75, 3.05) is 25.9 Å². The van der Waals surface area contributed by atoms with Gasteiger partial charge in [0.05, 0.1) is 5.69 Å². The van der Waals surface area contributed by atoms with Crippen LogP contribution >= 0.6 is 11.8 Å². The number of aryl methyl sites for hydroxylation is 2. The van der Waals surface area contributed by atoms with Crippen LogP contribution in [-0.4, -0.2) is 46.9 Å². The molecule has 1 aromatic rings. The molecule has 1 aliphatic heterocycles. The van der Waals surface area contributed by atoms with Gasteiger partial charge in [-0.05, 0) is 44.4 Å². The minimum Gasteiger partial charge on any atom is -0.356 e. The van der Waals surface area contributed by atoms with E-state index in [9.17, 15) is 0 Å². The van der Waals surface area contributed by atoms with Crippen LogP contribution < -0.4 is 10.6 Å². The number of nitrogens with one attached hydrogen (secondary N) is 2. The fourth-order valence-corrected chi connectivity index (χ4v) is 3.93. The van der Waals surface area contributed by atoms with Crippen molar-refractivity contribution in [1.29, 1.82) is 0 Å². The molecule has 2 heterocycles. The van der Waals surface area contributed by atoms with Crippen LogP contribution in [0.3, 0.4) is 0 Å². The smallest absolute Gasteiger partial charge is 0.191 e. The third-order valence-corrected chi connectivity index (χ3v) is 5.35. The van der Waals surface area contributed by atoms with Crippen LogP contribution in [-0.2, 0) is 6.54 Å². The molecule has 0 saturated carbocycles. The Morgan fingerprint density at radius 3 is 2.91 bits per heavy atom. The van der Waals surface area contributed by atoms with E-state index in [0.29, 0.717) is 5.92 Å². The predicted octanol–water partition coefficient (Wildman–Crippen LogP) is 2.20. The Labute approximate surface area is 138 Å². The fourth-order valence-electron chi connectivity index (χ4n) is 2.73. The number of aromatic nitrogens is 2. The summed E-state index contributed by atoms with van der Waals surface area (Å²) in [5, 5.41) is 12.1. The second-order valence-electron chi connectivity index (χ2n) is 6.18. The molecule has 0 radical (unpaired) electrons. The number of thioether (sulfide) groups is 1. The number of hydrogen-bond donors (Lipinski definition) is 2. The van der Waals surface area contributed by atoms with Gasteiger partial charge >= 0.3 is 0 Å². The van der Waals surface area contributed by atoms with Crippen molar-refractivity contribution in [3.05, 3.63) is 17.5 Å². The zero-order chi connectivity index (χ0) is 15.9. The van der Waals surface area contributed by atoms with E-state index < -0.39 is 0 Å². The van der Waals surface area contributed by atoms with Gasteiger partial charge in [-0.1, -0.05) is 6.92 Å². The number of rotatable bonds is 6. The van der Waals surface area contributed by atoms with Gasteiger partial charge < -0.3 is 10.6 Å². The van der Waals surface area contributed by atoms with E-state index in [4.69, 9.17) is 0 Å². The van der Waals surface area contributed by atoms with Gasteiger partial charge in [0.15, 0.2) is 5.96 Å². The molecule has 0 aromatic carbocycles. The van der Waals surface area contributed by atoms with Gasteiger partial charge in [0.25, 0.3) is 0 Å². The van der Waals surface area contributed by atoms with E-state index in [1.165, 1.54) is 24.3 Å². The van der Waals surface area contributed by atoms with Gasteiger partial charge in [0.2, 0.25) is 0 Å². The predicted molar refractivity (Wildman–Crippen MR) is 95.7 cm³/mol. The standard InChI is InChI=1S/C16H29N5S/c1-12(11-21-14(3)8-13(2)20-21)9-18-16(17-4)19-10-15-6-5-7-22-15/h8,12,15H,5-7,9-11H2,1-4H3,(H2,17,18,19).